The third-order valence-electron chi connectivity index (χ3n) is 2.89. The molecule has 0 saturated carbocycles. The van der Waals surface area contributed by atoms with E-state index < -0.39 is 11.5 Å². The van der Waals surface area contributed by atoms with Gasteiger partial charge in [0, 0.05) is 19.3 Å². The van der Waals surface area contributed by atoms with E-state index in [0.29, 0.717) is 31.9 Å². The molecule has 0 amide bonds. The van der Waals surface area contributed by atoms with Crippen molar-refractivity contribution in [2.45, 2.75) is 6.92 Å². The molecule has 1 saturated heterocycles. The van der Waals surface area contributed by atoms with Crippen LogP contribution in [-0.2, 0) is 4.74 Å². The van der Waals surface area contributed by atoms with Crippen molar-refractivity contribution in [1.29, 1.82) is 0 Å². The number of carboxylic acids is 1. The summed E-state index contributed by atoms with van der Waals surface area (Å²) in [5.74, 6) is -1.20. The first-order chi connectivity index (χ1) is 8.11. The zero-order chi connectivity index (χ0) is 12.4. The van der Waals surface area contributed by atoms with Gasteiger partial charge in [0.25, 0.3) is 5.56 Å². The Bertz CT molecular complexity index is 489. The SMILES string of the molecule is Cc1c(N2CCOCC2)c[nH]c(=O)c1C(=O)O. The minimum Gasteiger partial charge on any atom is -0.477 e. The second-order valence-electron chi connectivity index (χ2n) is 3.91. The minimum atomic E-state index is -1.20. The lowest BCUT2D eigenvalue weighted by Crippen LogP contribution is -2.37. The third kappa shape index (κ3) is 2.16. The number of nitrogens with zero attached hydrogens (tertiary/aromatic N) is 1. The van der Waals surface area contributed by atoms with Crippen LogP contribution in [0.1, 0.15) is 15.9 Å². The van der Waals surface area contributed by atoms with Crippen molar-refractivity contribution in [2.24, 2.45) is 0 Å². The first-order valence-corrected chi connectivity index (χ1v) is 5.39. The van der Waals surface area contributed by atoms with Gasteiger partial charge in [-0.1, -0.05) is 0 Å². The number of aromatic carboxylic acids is 1. The number of hydrogen-bond donors (Lipinski definition) is 2. The second kappa shape index (κ2) is 4.58. The van der Waals surface area contributed by atoms with Gasteiger partial charge in [-0.05, 0) is 12.5 Å². The molecule has 2 heterocycles. The highest BCUT2D eigenvalue weighted by molar-refractivity contribution is 5.90. The average molecular weight is 238 g/mol. The number of nitrogens with one attached hydrogen (secondary N) is 1. The van der Waals surface area contributed by atoms with Gasteiger partial charge in [-0.3, -0.25) is 4.79 Å². The molecule has 2 N–H and O–H groups in total. The van der Waals surface area contributed by atoms with Gasteiger partial charge in [0.1, 0.15) is 5.56 Å². The number of H-pyrrole nitrogens is 1. The average Bonchev–Trinajstić information content (AvgIpc) is 2.30. The zero-order valence-electron chi connectivity index (χ0n) is 9.52. The molecule has 2 rings (SSSR count). The lowest BCUT2D eigenvalue weighted by Gasteiger charge is -2.30. The minimum absolute atomic E-state index is 0.186. The number of ether oxygens (including phenoxy) is 1. The van der Waals surface area contributed by atoms with Gasteiger partial charge in [-0.2, -0.15) is 0 Å². The molecule has 0 aromatic carbocycles. The van der Waals surface area contributed by atoms with Crippen LogP contribution in [0.15, 0.2) is 11.0 Å². The number of anilines is 1. The molecule has 0 radical (unpaired) electrons. The van der Waals surface area contributed by atoms with Gasteiger partial charge in [0.15, 0.2) is 0 Å². The van der Waals surface area contributed by atoms with Gasteiger partial charge in [0.05, 0.1) is 18.9 Å². The number of hydrogen-bond acceptors (Lipinski definition) is 4. The van der Waals surface area contributed by atoms with Gasteiger partial charge in [-0.25, -0.2) is 4.79 Å². The van der Waals surface area contributed by atoms with Gasteiger partial charge in [-0.15, -0.1) is 0 Å². The maximum Gasteiger partial charge on any atom is 0.341 e. The molecule has 1 aromatic rings. The standard InChI is InChI=1S/C11H14N2O4/c1-7-8(13-2-4-17-5-3-13)6-12-10(14)9(7)11(15)16/h6H,2-5H2,1H3,(H,12,14)(H,15,16). The Labute approximate surface area is 97.8 Å². The number of aromatic amines is 1. The van der Waals surface area contributed by atoms with E-state index in [-0.39, 0.29) is 5.56 Å². The van der Waals surface area contributed by atoms with Crippen molar-refractivity contribution in [2.75, 3.05) is 31.2 Å². The van der Waals surface area contributed by atoms with E-state index in [0.717, 1.165) is 5.69 Å². The predicted molar refractivity (Wildman–Crippen MR) is 61.8 cm³/mol. The summed E-state index contributed by atoms with van der Waals surface area (Å²) in [4.78, 5) is 26.9. The molecule has 1 fully saturated rings. The fourth-order valence-corrected chi connectivity index (χ4v) is 2.00. The van der Waals surface area contributed by atoms with Gasteiger partial charge in [0.2, 0.25) is 0 Å². The highest BCUT2D eigenvalue weighted by Crippen LogP contribution is 2.20. The van der Waals surface area contributed by atoms with E-state index >= 15 is 0 Å². The van der Waals surface area contributed by atoms with Crippen LogP contribution in [0.3, 0.4) is 0 Å². The Morgan fingerprint density at radius 2 is 2.12 bits per heavy atom. The van der Waals surface area contributed by atoms with Crippen LogP contribution in [0.2, 0.25) is 0 Å². The van der Waals surface area contributed by atoms with Crippen LogP contribution in [0.25, 0.3) is 0 Å². The van der Waals surface area contributed by atoms with Crippen LogP contribution >= 0.6 is 0 Å². The normalized spacial score (nSPS) is 15.9. The van der Waals surface area contributed by atoms with Gasteiger partial charge >= 0.3 is 5.97 Å². The summed E-state index contributed by atoms with van der Waals surface area (Å²) in [6.07, 6.45) is 1.56. The topological polar surface area (TPSA) is 82.6 Å². The Morgan fingerprint density at radius 3 is 2.71 bits per heavy atom. The largest absolute Gasteiger partial charge is 0.477 e. The Kier molecular flexibility index (Phi) is 3.14. The Hall–Kier alpha value is -1.82. The van der Waals surface area contributed by atoms with Crippen LogP contribution in [0, 0.1) is 6.92 Å². The molecule has 6 heteroatoms. The quantitative estimate of drug-likeness (QED) is 0.770. The number of carbonyl (C=O) groups is 1. The molecule has 0 spiro atoms. The predicted octanol–water partition coefficient (Wildman–Crippen LogP) is 0.218. The van der Waals surface area contributed by atoms with Crippen molar-refractivity contribution < 1.29 is 14.6 Å². The van der Waals surface area contributed by atoms with E-state index in [2.05, 4.69) is 4.98 Å². The van der Waals surface area contributed by atoms with Gasteiger partial charge < -0.3 is 19.7 Å². The van der Waals surface area contributed by atoms with E-state index in [4.69, 9.17) is 9.84 Å². The lowest BCUT2D eigenvalue weighted by molar-refractivity contribution is 0.0694. The molecule has 17 heavy (non-hydrogen) atoms. The molecule has 92 valence electrons. The van der Waals surface area contributed by atoms with Crippen LogP contribution in [0.4, 0.5) is 5.69 Å². The summed E-state index contributed by atoms with van der Waals surface area (Å²) < 4.78 is 5.23. The first kappa shape index (κ1) is 11.7. The summed E-state index contributed by atoms with van der Waals surface area (Å²) in [7, 11) is 0. The number of pyridine rings is 1. The third-order valence-corrected chi connectivity index (χ3v) is 2.89. The van der Waals surface area contributed by atoms with Crippen molar-refractivity contribution in [3.8, 4) is 0 Å². The molecule has 1 aromatic heterocycles. The highest BCUT2D eigenvalue weighted by Gasteiger charge is 2.20. The maximum atomic E-state index is 11.4. The molecule has 0 atom stereocenters. The van der Waals surface area contributed by atoms with E-state index in [1.165, 1.54) is 0 Å². The second-order valence-corrected chi connectivity index (χ2v) is 3.91. The lowest BCUT2D eigenvalue weighted by atomic mass is 10.1. The molecule has 1 aliphatic rings. The van der Waals surface area contributed by atoms with Crippen LogP contribution < -0.4 is 10.5 Å². The number of aromatic nitrogens is 1. The molecule has 0 aliphatic carbocycles. The fourth-order valence-electron chi connectivity index (χ4n) is 2.00. The Morgan fingerprint density at radius 1 is 1.47 bits per heavy atom. The monoisotopic (exact) mass is 238 g/mol. The summed E-state index contributed by atoms with van der Waals surface area (Å²) >= 11 is 0. The van der Waals surface area contributed by atoms with Crippen LogP contribution in [-0.4, -0.2) is 42.4 Å². The summed E-state index contributed by atoms with van der Waals surface area (Å²) in [5, 5.41) is 9.01. The molecule has 1 aliphatic heterocycles. The summed E-state index contributed by atoms with van der Waals surface area (Å²) in [6.45, 7) is 4.28. The Balaban J connectivity index is 2.44. The molecule has 0 bridgehead atoms. The van der Waals surface area contributed by atoms with E-state index in [1.807, 2.05) is 4.90 Å². The van der Waals surface area contributed by atoms with Crippen molar-refractivity contribution >= 4 is 11.7 Å². The number of morpholine rings is 1. The summed E-state index contributed by atoms with van der Waals surface area (Å²) in [5.41, 5.74) is 0.509. The van der Waals surface area contributed by atoms with E-state index in [9.17, 15) is 9.59 Å². The smallest absolute Gasteiger partial charge is 0.341 e. The maximum absolute atomic E-state index is 11.4. The van der Waals surface area contributed by atoms with Crippen molar-refractivity contribution in [3.05, 3.63) is 27.7 Å². The van der Waals surface area contributed by atoms with Crippen LogP contribution in [0.5, 0.6) is 0 Å². The summed E-state index contributed by atoms with van der Waals surface area (Å²) in [6, 6.07) is 0. The first-order valence-electron chi connectivity index (χ1n) is 5.39. The molecular formula is C11H14N2O4. The van der Waals surface area contributed by atoms with Crippen molar-refractivity contribution in [1.82, 2.24) is 4.98 Å². The van der Waals surface area contributed by atoms with E-state index in [1.54, 1.807) is 13.1 Å². The highest BCUT2D eigenvalue weighted by atomic mass is 16.5. The molecule has 6 nitrogen and oxygen atoms in total. The number of carboxylic acid groups (broad SMARTS) is 1. The number of rotatable bonds is 2. The fraction of sp³-hybridized carbons (Fsp3) is 0.455. The zero-order valence-corrected chi connectivity index (χ0v) is 9.52. The van der Waals surface area contributed by atoms with Crippen molar-refractivity contribution in [3.63, 3.8) is 0 Å². The molecule has 0 unspecified atom stereocenters. The molecular weight excluding hydrogens is 224 g/mol.